The Hall–Kier alpha value is -3.58. The van der Waals surface area contributed by atoms with Gasteiger partial charge in [-0.05, 0) is 62.7 Å². The minimum atomic E-state index is -0.313. The lowest BCUT2D eigenvalue weighted by atomic mass is 10.1. The van der Waals surface area contributed by atoms with Crippen molar-refractivity contribution in [3.05, 3.63) is 95.3 Å². The molecular formula is C28H32N4O2S. The SMILES string of the molecule is COc1ccc(-c2nc(Cn3cccc3CN(Cc3ccccc3)C(=O)NC(C)(C)C)cs2)cc1. The Morgan fingerprint density at radius 1 is 1.03 bits per heavy atom. The highest BCUT2D eigenvalue weighted by Crippen LogP contribution is 2.26. The maximum absolute atomic E-state index is 13.2. The number of carbonyl (C=O) groups excluding carboxylic acids is 1. The smallest absolute Gasteiger partial charge is 0.318 e. The molecule has 2 aromatic heterocycles. The van der Waals surface area contributed by atoms with Gasteiger partial charge in [-0.1, -0.05) is 30.3 Å². The molecule has 7 heteroatoms. The van der Waals surface area contributed by atoms with Gasteiger partial charge in [0, 0.05) is 34.9 Å². The number of nitrogens with one attached hydrogen (secondary N) is 1. The van der Waals surface area contributed by atoms with Crippen LogP contribution in [0.3, 0.4) is 0 Å². The molecule has 0 fully saturated rings. The number of nitrogens with zero attached hydrogens (tertiary/aromatic N) is 3. The summed E-state index contributed by atoms with van der Waals surface area (Å²) >= 11 is 1.63. The standard InChI is InChI=1S/C28H32N4O2S/c1-28(2,3)30-27(33)32(17-21-9-6-5-7-10-21)19-24-11-8-16-31(24)18-23-20-35-26(29-23)22-12-14-25(34-4)15-13-22/h5-16,20H,17-19H2,1-4H3,(H,30,33). The van der Waals surface area contributed by atoms with E-state index in [1.165, 1.54) is 0 Å². The van der Waals surface area contributed by atoms with Gasteiger partial charge in [0.15, 0.2) is 0 Å². The molecule has 0 atom stereocenters. The van der Waals surface area contributed by atoms with Gasteiger partial charge in [0.2, 0.25) is 0 Å². The number of urea groups is 1. The van der Waals surface area contributed by atoms with Gasteiger partial charge < -0.3 is 19.5 Å². The average Bonchev–Trinajstić information content (AvgIpc) is 3.48. The number of benzene rings is 2. The Morgan fingerprint density at radius 2 is 1.77 bits per heavy atom. The number of carbonyl (C=O) groups is 1. The van der Waals surface area contributed by atoms with E-state index < -0.39 is 0 Å². The Labute approximate surface area is 211 Å². The van der Waals surface area contributed by atoms with Gasteiger partial charge in [-0.25, -0.2) is 9.78 Å². The van der Waals surface area contributed by atoms with Crippen LogP contribution < -0.4 is 10.1 Å². The molecule has 0 aliphatic rings. The van der Waals surface area contributed by atoms with Gasteiger partial charge >= 0.3 is 6.03 Å². The molecule has 1 N–H and O–H groups in total. The van der Waals surface area contributed by atoms with E-state index >= 15 is 0 Å². The predicted molar refractivity (Wildman–Crippen MR) is 142 cm³/mol. The van der Waals surface area contributed by atoms with Crippen LogP contribution in [0.1, 0.15) is 37.7 Å². The molecule has 2 heterocycles. The van der Waals surface area contributed by atoms with Gasteiger partial charge in [0.05, 0.1) is 25.9 Å². The Kier molecular flexibility index (Phi) is 7.56. The second-order valence-corrected chi connectivity index (χ2v) is 10.4. The number of rotatable bonds is 8. The first-order valence-corrected chi connectivity index (χ1v) is 12.5. The first-order chi connectivity index (χ1) is 16.8. The molecular weight excluding hydrogens is 456 g/mol. The Bertz CT molecular complexity index is 1240. The zero-order valence-corrected chi connectivity index (χ0v) is 21.5. The van der Waals surface area contributed by atoms with Crippen LogP contribution in [0.2, 0.25) is 0 Å². The first kappa shape index (κ1) is 24.5. The molecule has 0 aliphatic carbocycles. The minimum absolute atomic E-state index is 0.0791. The molecule has 35 heavy (non-hydrogen) atoms. The lowest BCUT2D eigenvalue weighted by molar-refractivity contribution is 0.181. The predicted octanol–water partition coefficient (Wildman–Crippen LogP) is 6.18. The molecule has 4 rings (SSSR count). The van der Waals surface area contributed by atoms with Gasteiger partial charge in [0.1, 0.15) is 10.8 Å². The number of hydrogen-bond acceptors (Lipinski definition) is 4. The minimum Gasteiger partial charge on any atom is -0.497 e. The third-order valence-corrected chi connectivity index (χ3v) is 6.42. The number of amides is 2. The molecule has 0 bridgehead atoms. The molecule has 6 nitrogen and oxygen atoms in total. The third kappa shape index (κ3) is 6.73. The van der Waals surface area contributed by atoms with Crippen LogP contribution in [-0.2, 0) is 19.6 Å². The van der Waals surface area contributed by atoms with Crippen LogP contribution in [0.15, 0.2) is 78.3 Å². The van der Waals surface area contributed by atoms with Crippen molar-refractivity contribution in [3.63, 3.8) is 0 Å². The summed E-state index contributed by atoms with van der Waals surface area (Å²) in [4.78, 5) is 19.9. The molecule has 0 unspecified atom stereocenters. The van der Waals surface area contributed by atoms with Crippen molar-refractivity contribution in [2.75, 3.05) is 7.11 Å². The van der Waals surface area contributed by atoms with E-state index in [0.29, 0.717) is 19.6 Å². The number of aromatic nitrogens is 2. The molecule has 182 valence electrons. The highest BCUT2D eigenvalue weighted by Gasteiger charge is 2.21. The number of hydrogen-bond donors (Lipinski definition) is 1. The third-order valence-electron chi connectivity index (χ3n) is 5.48. The topological polar surface area (TPSA) is 59.4 Å². The van der Waals surface area contributed by atoms with Crippen molar-refractivity contribution in [2.24, 2.45) is 0 Å². The maximum atomic E-state index is 13.2. The van der Waals surface area contributed by atoms with Crippen LogP contribution in [0.4, 0.5) is 4.79 Å². The molecule has 0 saturated heterocycles. The summed E-state index contributed by atoms with van der Waals surface area (Å²) in [6.45, 7) is 7.67. The van der Waals surface area contributed by atoms with Crippen LogP contribution >= 0.6 is 11.3 Å². The quantitative estimate of drug-likeness (QED) is 0.322. The van der Waals surface area contributed by atoms with Gasteiger partial charge in [-0.2, -0.15) is 0 Å². The molecule has 0 radical (unpaired) electrons. The highest BCUT2D eigenvalue weighted by atomic mass is 32.1. The summed E-state index contributed by atoms with van der Waals surface area (Å²) < 4.78 is 7.42. The van der Waals surface area contributed by atoms with Gasteiger partial charge in [-0.3, -0.25) is 0 Å². The number of methoxy groups -OCH3 is 1. The van der Waals surface area contributed by atoms with Crippen molar-refractivity contribution in [3.8, 4) is 16.3 Å². The summed E-state index contributed by atoms with van der Waals surface area (Å²) in [6, 6.07) is 22.0. The van der Waals surface area contributed by atoms with Crippen molar-refractivity contribution in [2.45, 2.75) is 45.9 Å². The fourth-order valence-electron chi connectivity index (χ4n) is 3.77. The van der Waals surface area contributed by atoms with Crippen molar-refractivity contribution in [1.82, 2.24) is 19.8 Å². The zero-order chi connectivity index (χ0) is 24.8. The molecule has 0 aliphatic heterocycles. The van der Waals surface area contributed by atoms with Gasteiger partial charge in [-0.15, -0.1) is 11.3 Å². The largest absolute Gasteiger partial charge is 0.497 e. The molecule has 0 saturated carbocycles. The lowest BCUT2D eigenvalue weighted by Gasteiger charge is -2.29. The van der Waals surface area contributed by atoms with E-state index in [1.54, 1.807) is 18.4 Å². The number of ether oxygens (including phenoxy) is 1. The normalized spacial score (nSPS) is 11.3. The first-order valence-electron chi connectivity index (χ1n) is 11.6. The highest BCUT2D eigenvalue weighted by molar-refractivity contribution is 7.13. The fraction of sp³-hybridized carbons (Fsp3) is 0.286. The molecule has 2 amide bonds. The van der Waals surface area contributed by atoms with Crippen LogP contribution in [0.25, 0.3) is 10.6 Å². The maximum Gasteiger partial charge on any atom is 0.318 e. The fourth-order valence-corrected chi connectivity index (χ4v) is 4.58. The lowest BCUT2D eigenvalue weighted by Crippen LogP contribution is -2.48. The molecule has 2 aromatic carbocycles. The van der Waals surface area contributed by atoms with Crippen molar-refractivity contribution < 1.29 is 9.53 Å². The van der Waals surface area contributed by atoms with E-state index in [4.69, 9.17) is 9.72 Å². The summed E-state index contributed by atoms with van der Waals surface area (Å²) in [6.07, 6.45) is 2.05. The van der Waals surface area contributed by atoms with Crippen molar-refractivity contribution >= 4 is 17.4 Å². The second-order valence-electron chi connectivity index (χ2n) is 9.52. The zero-order valence-electron chi connectivity index (χ0n) is 20.7. The van der Waals surface area contributed by atoms with Crippen LogP contribution in [0.5, 0.6) is 5.75 Å². The summed E-state index contributed by atoms with van der Waals surface area (Å²) in [5, 5.41) is 6.18. The van der Waals surface area contributed by atoms with E-state index in [9.17, 15) is 4.79 Å². The van der Waals surface area contributed by atoms with E-state index in [1.807, 2.05) is 92.5 Å². The second kappa shape index (κ2) is 10.8. The molecule has 4 aromatic rings. The van der Waals surface area contributed by atoms with Crippen LogP contribution in [-0.4, -0.2) is 33.1 Å². The molecule has 0 spiro atoms. The Morgan fingerprint density at radius 3 is 2.46 bits per heavy atom. The summed E-state index contributed by atoms with van der Waals surface area (Å²) in [5.41, 5.74) is 3.91. The Balaban J connectivity index is 1.50. The number of thiazole rings is 1. The average molecular weight is 489 g/mol. The van der Waals surface area contributed by atoms with Gasteiger partial charge in [0.25, 0.3) is 0 Å². The van der Waals surface area contributed by atoms with E-state index in [-0.39, 0.29) is 11.6 Å². The van der Waals surface area contributed by atoms with E-state index in [2.05, 4.69) is 21.3 Å². The van der Waals surface area contributed by atoms with Crippen molar-refractivity contribution in [1.29, 1.82) is 0 Å². The summed E-state index contributed by atoms with van der Waals surface area (Å²) in [5.74, 6) is 0.832. The summed E-state index contributed by atoms with van der Waals surface area (Å²) in [7, 11) is 1.67. The monoisotopic (exact) mass is 488 g/mol. The van der Waals surface area contributed by atoms with E-state index in [0.717, 1.165) is 33.3 Å². The van der Waals surface area contributed by atoms with Crippen LogP contribution in [0, 0.1) is 0 Å².